The van der Waals surface area contributed by atoms with E-state index in [0.29, 0.717) is 12.8 Å². The highest BCUT2D eigenvalue weighted by Crippen LogP contribution is 2.26. The highest BCUT2D eigenvalue weighted by atomic mass is 16.7. The number of carbonyl (C=O) groups excluding carboxylic acids is 2. The average molecular weight is 934 g/mol. The van der Waals surface area contributed by atoms with Crippen LogP contribution >= 0.6 is 0 Å². The standard InChI is InChI=1S/C55H99NO10/c1-4-7-10-13-16-19-22-25-28-31-34-37-40-43-50(60)66-53-52(62)51(61)49(44-57)65-55(53)64-45-46(47(58)41-38-35-32-29-26-23-20-17-14-11-8-5-2)56-54(63)48(59)42-39-36-33-30-27-24-21-18-15-12-9-6-3/h25,27-28,30,34,37-38,41,46-49,51-53,55,57-59,61-62H,4-24,26,29,31-33,35-36,39-40,42-45H2,1-3H3,(H,56,63)/b28-25-,30-27-,37-34+,41-38+. The number of esters is 1. The van der Waals surface area contributed by atoms with Crippen LogP contribution in [0.5, 0.6) is 0 Å². The van der Waals surface area contributed by atoms with E-state index in [2.05, 4.69) is 50.4 Å². The molecule has 8 unspecified atom stereocenters. The van der Waals surface area contributed by atoms with Gasteiger partial charge in [0.15, 0.2) is 12.4 Å². The molecule has 0 radical (unpaired) electrons. The van der Waals surface area contributed by atoms with Gasteiger partial charge in [-0.05, 0) is 70.6 Å². The van der Waals surface area contributed by atoms with Gasteiger partial charge in [0.05, 0.1) is 25.4 Å². The van der Waals surface area contributed by atoms with Crippen LogP contribution in [-0.2, 0) is 23.8 Å². The summed E-state index contributed by atoms with van der Waals surface area (Å²) in [6.45, 7) is 5.70. The monoisotopic (exact) mass is 934 g/mol. The summed E-state index contributed by atoms with van der Waals surface area (Å²) in [6, 6.07) is -1.04. The molecule has 0 bridgehead atoms. The van der Waals surface area contributed by atoms with Crippen LogP contribution in [0.3, 0.4) is 0 Å². The van der Waals surface area contributed by atoms with Crippen LogP contribution in [0.25, 0.3) is 0 Å². The second kappa shape index (κ2) is 43.9. The van der Waals surface area contributed by atoms with Crippen LogP contribution in [0.15, 0.2) is 48.6 Å². The Morgan fingerprint density at radius 1 is 0.591 bits per heavy atom. The summed E-state index contributed by atoms with van der Waals surface area (Å²) in [5, 5.41) is 56.5. The SMILES string of the molecule is CCCCCCCC/C=C\C/C=C/CCC(=O)OC1C(OCC(NC(=O)C(O)CCCC/C=C\CCCCCCCC)C(O)/C=C/CCCCCCCCCCCC)OC(CO)C(O)C1O. The average Bonchev–Trinajstić information content (AvgIpc) is 3.31. The Morgan fingerprint density at radius 2 is 1.05 bits per heavy atom. The fourth-order valence-corrected chi connectivity index (χ4v) is 8.11. The van der Waals surface area contributed by atoms with E-state index in [0.717, 1.165) is 51.4 Å². The number of hydrogen-bond donors (Lipinski definition) is 6. The molecule has 1 aliphatic heterocycles. The Kier molecular flexibility index (Phi) is 41.0. The van der Waals surface area contributed by atoms with E-state index in [1.165, 1.54) is 128 Å². The number of aliphatic hydroxyl groups is 5. The summed E-state index contributed by atoms with van der Waals surface area (Å²) >= 11 is 0. The number of allylic oxidation sites excluding steroid dienone is 7. The first-order valence-electron chi connectivity index (χ1n) is 26.9. The molecule has 0 aliphatic carbocycles. The van der Waals surface area contributed by atoms with Gasteiger partial charge in [-0.3, -0.25) is 9.59 Å². The van der Waals surface area contributed by atoms with Crippen molar-refractivity contribution in [2.45, 2.75) is 275 Å². The first kappa shape index (κ1) is 61.6. The van der Waals surface area contributed by atoms with Crippen LogP contribution < -0.4 is 5.32 Å². The summed E-state index contributed by atoms with van der Waals surface area (Å²) < 4.78 is 17.4. The second-order valence-corrected chi connectivity index (χ2v) is 18.6. The molecule has 11 nitrogen and oxygen atoms in total. The van der Waals surface area contributed by atoms with Crippen LogP contribution in [0.1, 0.15) is 226 Å². The maximum atomic E-state index is 13.3. The van der Waals surface area contributed by atoms with Gasteiger partial charge in [0.25, 0.3) is 0 Å². The fourth-order valence-electron chi connectivity index (χ4n) is 8.11. The lowest BCUT2D eigenvalue weighted by molar-refractivity contribution is -0.305. The third kappa shape index (κ3) is 32.4. The highest BCUT2D eigenvalue weighted by Gasteiger charge is 2.47. The summed E-state index contributed by atoms with van der Waals surface area (Å²) in [5.74, 6) is -1.28. The highest BCUT2D eigenvalue weighted by molar-refractivity contribution is 5.80. The van der Waals surface area contributed by atoms with E-state index in [1.54, 1.807) is 6.08 Å². The minimum Gasteiger partial charge on any atom is -0.454 e. The van der Waals surface area contributed by atoms with Gasteiger partial charge in [0.1, 0.15) is 24.4 Å². The molecular formula is C55H99NO10. The number of rotatable bonds is 44. The van der Waals surface area contributed by atoms with Gasteiger partial charge >= 0.3 is 5.97 Å². The van der Waals surface area contributed by atoms with E-state index in [1.807, 2.05) is 18.2 Å². The van der Waals surface area contributed by atoms with Crippen molar-refractivity contribution in [3.05, 3.63) is 48.6 Å². The first-order valence-corrected chi connectivity index (χ1v) is 26.9. The lowest BCUT2D eigenvalue weighted by atomic mass is 9.99. The Morgan fingerprint density at radius 3 is 1.56 bits per heavy atom. The van der Waals surface area contributed by atoms with Gasteiger partial charge < -0.3 is 45.1 Å². The normalized spacial score (nSPS) is 20.5. The van der Waals surface area contributed by atoms with E-state index >= 15 is 0 Å². The van der Waals surface area contributed by atoms with Crippen LogP contribution in [0.4, 0.5) is 0 Å². The molecule has 0 spiro atoms. The zero-order valence-corrected chi connectivity index (χ0v) is 42.1. The Balaban J connectivity index is 2.82. The molecule has 1 fully saturated rings. The third-order valence-corrected chi connectivity index (χ3v) is 12.5. The van der Waals surface area contributed by atoms with Crippen molar-refractivity contribution < 1.29 is 49.3 Å². The molecular weight excluding hydrogens is 835 g/mol. The number of unbranched alkanes of at least 4 members (excludes halogenated alkanes) is 24. The van der Waals surface area contributed by atoms with Gasteiger partial charge in [-0.2, -0.15) is 0 Å². The smallest absolute Gasteiger partial charge is 0.306 e. The minimum atomic E-state index is -1.64. The molecule has 8 atom stereocenters. The van der Waals surface area contributed by atoms with E-state index in [9.17, 15) is 35.1 Å². The van der Waals surface area contributed by atoms with Crippen molar-refractivity contribution >= 4 is 11.9 Å². The molecule has 66 heavy (non-hydrogen) atoms. The summed E-state index contributed by atoms with van der Waals surface area (Å²) in [4.78, 5) is 26.3. The van der Waals surface area contributed by atoms with E-state index < -0.39 is 67.4 Å². The summed E-state index contributed by atoms with van der Waals surface area (Å²) in [6.07, 6.45) is 40.4. The van der Waals surface area contributed by atoms with Crippen LogP contribution in [0, 0.1) is 0 Å². The quantitative estimate of drug-likeness (QED) is 0.0196. The lowest BCUT2D eigenvalue weighted by Gasteiger charge is -2.41. The fraction of sp³-hybridized carbons (Fsp3) is 0.818. The predicted octanol–water partition coefficient (Wildman–Crippen LogP) is 11.3. The molecule has 1 heterocycles. The lowest BCUT2D eigenvalue weighted by Crippen LogP contribution is -2.61. The summed E-state index contributed by atoms with van der Waals surface area (Å²) in [5.41, 5.74) is 0. The van der Waals surface area contributed by atoms with Gasteiger partial charge in [-0.1, -0.05) is 198 Å². The molecule has 0 saturated carbocycles. The number of carbonyl (C=O) groups is 2. The van der Waals surface area contributed by atoms with Crippen molar-refractivity contribution in [1.82, 2.24) is 5.32 Å². The molecule has 0 aromatic heterocycles. The second-order valence-electron chi connectivity index (χ2n) is 18.6. The molecule has 0 aromatic carbocycles. The predicted molar refractivity (Wildman–Crippen MR) is 269 cm³/mol. The van der Waals surface area contributed by atoms with Gasteiger partial charge in [-0.15, -0.1) is 0 Å². The van der Waals surface area contributed by atoms with Crippen molar-refractivity contribution in [2.24, 2.45) is 0 Å². The van der Waals surface area contributed by atoms with Crippen molar-refractivity contribution in [3.63, 3.8) is 0 Å². The minimum absolute atomic E-state index is 0.0159. The molecule has 11 heteroatoms. The molecule has 1 rings (SSSR count). The number of ether oxygens (including phenoxy) is 3. The number of aliphatic hydroxyl groups excluding tert-OH is 5. The molecule has 6 N–H and O–H groups in total. The first-order chi connectivity index (χ1) is 32.2. The maximum Gasteiger partial charge on any atom is 0.306 e. The van der Waals surface area contributed by atoms with Gasteiger partial charge in [-0.25, -0.2) is 0 Å². The van der Waals surface area contributed by atoms with Crippen molar-refractivity contribution in [1.29, 1.82) is 0 Å². The van der Waals surface area contributed by atoms with Crippen LogP contribution in [0.2, 0.25) is 0 Å². The number of hydrogen-bond acceptors (Lipinski definition) is 10. The number of nitrogens with one attached hydrogen (secondary N) is 1. The molecule has 0 aromatic rings. The van der Waals surface area contributed by atoms with E-state index in [4.69, 9.17) is 14.2 Å². The van der Waals surface area contributed by atoms with Gasteiger partial charge in [0, 0.05) is 6.42 Å². The largest absolute Gasteiger partial charge is 0.454 e. The molecule has 1 aliphatic rings. The molecule has 384 valence electrons. The molecule has 1 amide bonds. The third-order valence-electron chi connectivity index (χ3n) is 12.5. The Bertz CT molecular complexity index is 1260. The maximum absolute atomic E-state index is 13.3. The Labute approximate surface area is 402 Å². The van der Waals surface area contributed by atoms with Gasteiger partial charge in [0.2, 0.25) is 5.91 Å². The van der Waals surface area contributed by atoms with E-state index in [-0.39, 0.29) is 19.4 Å². The summed E-state index contributed by atoms with van der Waals surface area (Å²) in [7, 11) is 0. The number of amides is 1. The zero-order chi connectivity index (χ0) is 48.3. The van der Waals surface area contributed by atoms with Crippen molar-refractivity contribution in [2.75, 3.05) is 13.2 Å². The molecule has 1 saturated heterocycles. The zero-order valence-electron chi connectivity index (χ0n) is 42.1. The Hall–Kier alpha value is -2.38. The van der Waals surface area contributed by atoms with Crippen LogP contribution in [-0.4, -0.2) is 99.6 Å². The van der Waals surface area contributed by atoms with Crippen molar-refractivity contribution in [3.8, 4) is 0 Å². The topological polar surface area (TPSA) is 175 Å².